The van der Waals surface area contributed by atoms with Gasteiger partial charge in [-0.05, 0) is 60.5 Å². The highest BCUT2D eigenvalue weighted by Gasteiger charge is 2.35. The summed E-state index contributed by atoms with van der Waals surface area (Å²) in [5.41, 5.74) is 4.12. The fourth-order valence-corrected chi connectivity index (χ4v) is 5.64. The molecule has 1 aliphatic rings. The predicted molar refractivity (Wildman–Crippen MR) is 142 cm³/mol. The van der Waals surface area contributed by atoms with Crippen molar-refractivity contribution in [2.75, 3.05) is 13.1 Å². The second-order valence-corrected chi connectivity index (χ2v) is 10.0. The summed E-state index contributed by atoms with van der Waals surface area (Å²) < 4.78 is 1.82. The largest absolute Gasteiger partial charge is 0.349 e. The normalized spacial score (nSPS) is 17.8. The number of hydrogen-bond donors (Lipinski definition) is 2. The first-order valence-corrected chi connectivity index (χ1v) is 12.6. The number of carbonyl (C=O) groups is 2. The first kappa shape index (κ1) is 23.5. The van der Waals surface area contributed by atoms with Gasteiger partial charge < -0.3 is 19.6 Å². The van der Waals surface area contributed by atoms with Crippen molar-refractivity contribution in [1.29, 1.82) is 0 Å². The number of H-pyrrole nitrogens is 1. The maximum absolute atomic E-state index is 13.6. The van der Waals surface area contributed by atoms with E-state index in [1.165, 1.54) is 0 Å². The average molecular weight is 533 g/mol. The molecule has 2 amide bonds. The molecule has 2 N–H and O–H groups in total. The number of halogens is 2. The highest BCUT2D eigenvalue weighted by atomic mass is 35.5. The molecule has 186 valence electrons. The zero-order valence-corrected chi connectivity index (χ0v) is 21.1. The Bertz CT molecular complexity index is 1590. The van der Waals surface area contributed by atoms with Crippen LogP contribution in [-0.4, -0.2) is 55.2 Å². The molecule has 0 unspecified atom stereocenters. The van der Waals surface area contributed by atoms with Gasteiger partial charge in [0.05, 0.1) is 40.7 Å². The Morgan fingerprint density at radius 2 is 1.92 bits per heavy atom. The minimum Gasteiger partial charge on any atom is -0.349 e. The molecular formula is C27H22Cl2N6O2. The lowest BCUT2D eigenvalue weighted by Crippen LogP contribution is -2.53. The molecule has 1 aromatic carbocycles. The zero-order valence-electron chi connectivity index (χ0n) is 19.6. The number of imidazole rings is 1. The highest BCUT2D eigenvalue weighted by Crippen LogP contribution is 2.33. The van der Waals surface area contributed by atoms with Crippen molar-refractivity contribution in [3.63, 3.8) is 0 Å². The molecule has 1 fully saturated rings. The van der Waals surface area contributed by atoms with E-state index in [0.717, 1.165) is 16.6 Å². The van der Waals surface area contributed by atoms with Gasteiger partial charge in [0.2, 0.25) is 0 Å². The molecule has 4 aromatic heterocycles. The summed E-state index contributed by atoms with van der Waals surface area (Å²) in [7, 11) is 0. The molecule has 0 bridgehead atoms. The summed E-state index contributed by atoms with van der Waals surface area (Å²) in [5, 5.41) is 4.21. The second-order valence-electron chi connectivity index (χ2n) is 9.16. The maximum atomic E-state index is 13.6. The highest BCUT2D eigenvalue weighted by molar-refractivity contribution is 6.34. The third kappa shape index (κ3) is 4.54. The molecule has 0 saturated carbocycles. The first-order valence-electron chi connectivity index (χ1n) is 11.9. The number of piperidine rings is 1. The van der Waals surface area contributed by atoms with Gasteiger partial charge in [-0.15, -0.1) is 0 Å². The van der Waals surface area contributed by atoms with Crippen LogP contribution in [0.5, 0.6) is 0 Å². The second kappa shape index (κ2) is 9.53. The van der Waals surface area contributed by atoms with Crippen LogP contribution in [0.15, 0.2) is 73.4 Å². The van der Waals surface area contributed by atoms with Gasteiger partial charge >= 0.3 is 0 Å². The number of fused-ring (bicyclic) bond motifs is 2. The number of amides is 2. The Balaban J connectivity index is 1.31. The Morgan fingerprint density at radius 1 is 1.08 bits per heavy atom. The van der Waals surface area contributed by atoms with Gasteiger partial charge in [-0.2, -0.15) is 0 Å². The Hall–Kier alpha value is -3.88. The maximum Gasteiger partial charge on any atom is 0.268 e. The van der Waals surface area contributed by atoms with Crippen molar-refractivity contribution in [1.82, 2.24) is 29.6 Å². The van der Waals surface area contributed by atoms with Crippen LogP contribution in [0.4, 0.5) is 0 Å². The third-order valence-electron chi connectivity index (χ3n) is 6.85. The molecule has 10 heteroatoms. The lowest BCUT2D eigenvalue weighted by molar-refractivity contribution is 0.0656. The van der Waals surface area contributed by atoms with E-state index in [9.17, 15) is 9.59 Å². The minimum atomic E-state index is -0.372. The van der Waals surface area contributed by atoms with E-state index in [2.05, 4.69) is 20.3 Å². The first-order chi connectivity index (χ1) is 18.0. The van der Waals surface area contributed by atoms with Crippen LogP contribution in [0.25, 0.3) is 16.6 Å². The Morgan fingerprint density at radius 3 is 2.73 bits per heavy atom. The van der Waals surface area contributed by atoms with E-state index in [0.29, 0.717) is 46.3 Å². The van der Waals surface area contributed by atoms with Gasteiger partial charge in [0, 0.05) is 41.4 Å². The predicted octanol–water partition coefficient (Wildman–Crippen LogP) is 4.95. The quantitative estimate of drug-likeness (QED) is 0.342. The monoisotopic (exact) mass is 532 g/mol. The topological polar surface area (TPSA) is 95.4 Å². The molecule has 5 heterocycles. The molecule has 1 aliphatic heterocycles. The molecule has 5 aromatic rings. The number of carbonyl (C=O) groups excluding carboxylic acids is 2. The minimum absolute atomic E-state index is 0.0857. The summed E-state index contributed by atoms with van der Waals surface area (Å²) >= 11 is 12.6. The molecular weight excluding hydrogens is 511 g/mol. The number of hydrogen-bond acceptors (Lipinski definition) is 4. The number of nitrogens with one attached hydrogen (secondary N) is 2. The standard InChI is InChI=1S/C27H22Cl2N6O2/c28-17-9-16(10-18(29)11-17)19-5-8-34(27(37)20-3-2-7-35-15-30-13-25(20)35)14-24(19)33-26(36)23-12-22-21(32-23)4-1-6-31-22/h1-4,6-7,9-13,15,19,24,32H,5,8,14H2,(H,33,36)/t19-,24+/m0/s1. The smallest absolute Gasteiger partial charge is 0.268 e. The number of pyridine rings is 2. The van der Waals surface area contributed by atoms with Crippen LogP contribution in [0.3, 0.4) is 0 Å². The summed E-state index contributed by atoms with van der Waals surface area (Å²) in [4.78, 5) is 40.3. The van der Waals surface area contributed by atoms with Crippen LogP contribution >= 0.6 is 23.2 Å². The van der Waals surface area contributed by atoms with Crippen molar-refractivity contribution in [3.8, 4) is 0 Å². The summed E-state index contributed by atoms with van der Waals surface area (Å²) in [6, 6.07) is 14.1. The van der Waals surface area contributed by atoms with Crippen LogP contribution < -0.4 is 5.32 Å². The van der Waals surface area contributed by atoms with Crippen LogP contribution in [0.2, 0.25) is 10.0 Å². The molecule has 2 atom stereocenters. The van der Waals surface area contributed by atoms with Crippen molar-refractivity contribution < 1.29 is 9.59 Å². The SMILES string of the molecule is O=C(N[C@@H]1CN(C(=O)c2cccn3cncc23)CC[C@H]1c1cc(Cl)cc(Cl)c1)c1cc2ncccc2[nH]1. The van der Waals surface area contributed by atoms with E-state index in [4.69, 9.17) is 23.2 Å². The van der Waals surface area contributed by atoms with Gasteiger partial charge in [0.15, 0.2) is 0 Å². The average Bonchev–Trinajstić information content (AvgIpc) is 3.55. The van der Waals surface area contributed by atoms with Gasteiger partial charge in [-0.3, -0.25) is 14.6 Å². The summed E-state index contributed by atoms with van der Waals surface area (Å²) in [6.45, 7) is 0.846. The van der Waals surface area contributed by atoms with Gasteiger partial charge in [-0.1, -0.05) is 23.2 Å². The van der Waals surface area contributed by atoms with E-state index >= 15 is 0 Å². The van der Waals surface area contributed by atoms with E-state index in [1.807, 2.05) is 40.9 Å². The molecule has 0 aliphatic carbocycles. The lowest BCUT2D eigenvalue weighted by Gasteiger charge is -2.39. The number of benzene rings is 1. The molecule has 8 nitrogen and oxygen atoms in total. The number of aromatic amines is 1. The van der Waals surface area contributed by atoms with Crippen molar-refractivity contribution in [2.45, 2.75) is 18.4 Å². The van der Waals surface area contributed by atoms with E-state index < -0.39 is 0 Å². The Kier molecular flexibility index (Phi) is 6.06. The van der Waals surface area contributed by atoms with E-state index in [-0.39, 0.29) is 23.8 Å². The molecule has 0 radical (unpaired) electrons. The van der Waals surface area contributed by atoms with Gasteiger partial charge in [0.25, 0.3) is 11.8 Å². The number of aromatic nitrogens is 4. The molecule has 0 spiro atoms. The number of rotatable bonds is 4. The van der Waals surface area contributed by atoms with Crippen LogP contribution in [0, 0.1) is 0 Å². The third-order valence-corrected chi connectivity index (χ3v) is 7.28. The van der Waals surface area contributed by atoms with E-state index in [1.54, 1.807) is 41.8 Å². The van der Waals surface area contributed by atoms with Crippen molar-refractivity contribution >= 4 is 51.6 Å². The van der Waals surface area contributed by atoms with Crippen LogP contribution in [-0.2, 0) is 0 Å². The van der Waals surface area contributed by atoms with Crippen LogP contribution in [0.1, 0.15) is 38.7 Å². The van der Waals surface area contributed by atoms with Gasteiger partial charge in [-0.25, -0.2) is 4.98 Å². The fraction of sp³-hybridized carbons (Fsp3) is 0.185. The lowest BCUT2D eigenvalue weighted by atomic mass is 9.85. The van der Waals surface area contributed by atoms with Crippen molar-refractivity contribution in [2.24, 2.45) is 0 Å². The molecule has 1 saturated heterocycles. The molecule has 37 heavy (non-hydrogen) atoms. The number of nitrogens with zero attached hydrogens (tertiary/aromatic N) is 4. The van der Waals surface area contributed by atoms with Gasteiger partial charge in [0.1, 0.15) is 5.69 Å². The summed E-state index contributed by atoms with van der Waals surface area (Å²) in [6.07, 6.45) is 7.51. The van der Waals surface area contributed by atoms with Crippen molar-refractivity contribution in [3.05, 3.63) is 100 Å². The Labute approximate surface area is 222 Å². The number of likely N-dealkylation sites (tertiary alicyclic amines) is 1. The fourth-order valence-electron chi connectivity index (χ4n) is 5.10. The zero-order chi connectivity index (χ0) is 25.5. The summed E-state index contributed by atoms with van der Waals surface area (Å²) in [5.74, 6) is -0.464. The molecule has 6 rings (SSSR count).